The van der Waals surface area contributed by atoms with Crippen LogP contribution in [0.3, 0.4) is 0 Å². The summed E-state index contributed by atoms with van der Waals surface area (Å²) in [5.74, 6) is -0.211. The average molecular weight is 587 g/mol. The molecule has 3 rings (SSSR count). The fraction of sp³-hybridized carbons (Fsp3) is 0.457. The maximum atomic E-state index is 12.4. The van der Waals surface area contributed by atoms with Crippen LogP contribution in [0.2, 0.25) is 0 Å². The zero-order valence-corrected chi connectivity index (χ0v) is 28.6. The van der Waals surface area contributed by atoms with Crippen LogP contribution in [0, 0.1) is 5.41 Å². The third-order valence-electron chi connectivity index (χ3n) is 4.81. The van der Waals surface area contributed by atoms with Crippen LogP contribution >= 0.6 is 0 Å². The van der Waals surface area contributed by atoms with E-state index in [1.54, 1.807) is 42.7 Å². The van der Waals surface area contributed by atoms with Crippen molar-refractivity contribution in [1.29, 1.82) is 0 Å². The molecule has 2 aromatic heterocycles. The summed E-state index contributed by atoms with van der Waals surface area (Å²) in [7, 11) is 1.83. The molecule has 0 spiro atoms. The Hall–Kier alpha value is -3.74. The predicted molar refractivity (Wildman–Crippen MR) is 185 cm³/mol. The highest BCUT2D eigenvalue weighted by Gasteiger charge is 2.14. The molecule has 2 N–H and O–H groups in total. The van der Waals surface area contributed by atoms with E-state index in [1.807, 2.05) is 72.2 Å². The number of hydrogen-bond acceptors (Lipinski definition) is 3. The van der Waals surface area contributed by atoms with Crippen molar-refractivity contribution in [3.05, 3.63) is 79.8 Å². The third kappa shape index (κ3) is 22.0. The molecule has 0 bridgehead atoms. The monoisotopic (exact) mass is 586 g/mol. The number of allylic oxidation sites excluding steroid dienone is 2. The number of rotatable bonds is 5. The molecule has 1 atom stereocenters. The number of alkyl halides is 1. The van der Waals surface area contributed by atoms with Gasteiger partial charge in [0.15, 0.2) is 0 Å². The summed E-state index contributed by atoms with van der Waals surface area (Å²) in [5.41, 5.74) is 3.31. The highest BCUT2D eigenvalue weighted by Crippen LogP contribution is 2.23. The van der Waals surface area contributed by atoms with Crippen molar-refractivity contribution in [2.75, 3.05) is 10.6 Å². The number of halogens is 1. The zero-order chi connectivity index (χ0) is 33.7. The van der Waals surface area contributed by atoms with Crippen molar-refractivity contribution in [1.82, 2.24) is 9.55 Å². The summed E-state index contributed by atoms with van der Waals surface area (Å²) in [4.78, 5) is 26.9. The molecular formula is C35H59FN4O2. The Kier molecular flexibility index (Phi) is 31.0. The molecule has 0 aliphatic carbocycles. The summed E-state index contributed by atoms with van der Waals surface area (Å²) >= 11 is 0. The van der Waals surface area contributed by atoms with Crippen molar-refractivity contribution >= 4 is 34.6 Å². The van der Waals surface area contributed by atoms with E-state index in [9.17, 15) is 14.0 Å². The van der Waals surface area contributed by atoms with Gasteiger partial charge in [0, 0.05) is 29.8 Å². The number of nitrogens with one attached hydrogen (secondary N) is 2. The highest BCUT2D eigenvalue weighted by atomic mass is 19.1. The number of nitrogens with zero attached hydrogens (tertiary/aromatic N) is 2. The topological polar surface area (TPSA) is 76.0 Å². The number of anilines is 2. The maximum absolute atomic E-state index is 12.4. The van der Waals surface area contributed by atoms with Gasteiger partial charge in [0.25, 0.3) is 5.91 Å². The summed E-state index contributed by atoms with van der Waals surface area (Å²) in [6.45, 7) is 30.8. The SMILES string of the molecule is C=CC.C=CC(C)F.CC.CC.CC.CCC(C)(C)C.Cn1c(C(=O)Nc2cccnc2)cc2cc(NC=O)ccc21. The number of carbonyl (C=O) groups is 2. The number of amides is 2. The first-order valence-corrected chi connectivity index (χ1v) is 14.8. The predicted octanol–water partition coefficient (Wildman–Crippen LogP) is 10.6. The fourth-order valence-electron chi connectivity index (χ4n) is 2.36. The Balaban J connectivity index is -0.000000299. The van der Waals surface area contributed by atoms with Crippen LogP contribution in [0.15, 0.2) is 74.1 Å². The van der Waals surface area contributed by atoms with Crippen molar-refractivity contribution < 1.29 is 14.0 Å². The highest BCUT2D eigenvalue weighted by molar-refractivity contribution is 6.06. The Morgan fingerprint density at radius 1 is 1.05 bits per heavy atom. The first kappa shape index (κ1) is 45.3. The molecule has 2 amide bonds. The van der Waals surface area contributed by atoms with Crippen LogP contribution in [0.1, 0.15) is 100.0 Å². The lowest BCUT2D eigenvalue weighted by molar-refractivity contribution is -0.105. The minimum atomic E-state index is -0.852. The number of benzene rings is 1. The molecule has 0 fully saturated rings. The molecule has 42 heavy (non-hydrogen) atoms. The summed E-state index contributed by atoms with van der Waals surface area (Å²) in [5, 5.41) is 6.28. The van der Waals surface area contributed by atoms with Gasteiger partial charge in [0.05, 0.1) is 11.9 Å². The molecule has 1 unspecified atom stereocenters. The first-order valence-electron chi connectivity index (χ1n) is 14.8. The van der Waals surface area contributed by atoms with Crippen molar-refractivity contribution in [3.8, 4) is 0 Å². The van der Waals surface area contributed by atoms with E-state index in [-0.39, 0.29) is 5.91 Å². The lowest BCUT2D eigenvalue weighted by Gasteiger charge is -2.12. The molecule has 0 saturated carbocycles. The van der Waals surface area contributed by atoms with Gasteiger partial charge >= 0.3 is 0 Å². The number of pyridine rings is 1. The molecule has 3 aromatic rings. The van der Waals surface area contributed by atoms with Crippen LogP contribution in [0.4, 0.5) is 15.8 Å². The number of aromatic nitrogens is 2. The van der Waals surface area contributed by atoms with Crippen molar-refractivity contribution in [3.63, 3.8) is 0 Å². The first-order chi connectivity index (χ1) is 19.9. The lowest BCUT2D eigenvalue weighted by atomic mass is 9.94. The van der Waals surface area contributed by atoms with Crippen LogP contribution in [-0.2, 0) is 11.8 Å². The van der Waals surface area contributed by atoms with E-state index in [0.717, 1.165) is 10.9 Å². The van der Waals surface area contributed by atoms with Gasteiger partial charge in [0.1, 0.15) is 11.9 Å². The van der Waals surface area contributed by atoms with Gasteiger partial charge in [-0.25, -0.2) is 4.39 Å². The minimum Gasteiger partial charge on any atom is -0.340 e. The number of carbonyl (C=O) groups excluding carboxylic acids is 2. The van der Waals surface area contributed by atoms with Gasteiger partial charge in [-0.15, -0.1) is 13.2 Å². The van der Waals surface area contributed by atoms with E-state index in [4.69, 9.17) is 0 Å². The second-order valence-corrected chi connectivity index (χ2v) is 9.06. The maximum Gasteiger partial charge on any atom is 0.272 e. The van der Waals surface area contributed by atoms with Gasteiger partial charge in [-0.2, -0.15) is 0 Å². The van der Waals surface area contributed by atoms with Gasteiger partial charge in [-0.3, -0.25) is 14.6 Å². The molecule has 0 aliphatic heterocycles. The van der Waals surface area contributed by atoms with Crippen LogP contribution in [0.25, 0.3) is 10.9 Å². The molecule has 0 aliphatic rings. The minimum absolute atomic E-state index is 0.211. The summed E-state index contributed by atoms with van der Waals surface area (Å²) < 4.78 is 13.1. The van der Waals surface area contributed by atoms with E-state index < -0.39 is 6.17 Å². The fourth-order valence-corrected chi connectivity index (χ4v) is 2.36. The molecule has 238 valence electrons. The Bertz CT molecular complexity index is 1090. The number of aryl methyl sites for hydroxylation is 1. The van der Waals surface area contributed by atoms with Gasteiger partial charge in [-0.05, 0) is 55.7 Å². The van der Waals surface area contributed by atoms with E-state index in [1.165, 1.54) is 19.4 Å². The molecule has 6 nitrogen and oxygen atoms in total. The van der Waals surface area contributed by atoms with Gasteiger partial charge in [0.2, 0.25) is 6.41 Å². The average Bonchev–Trinajstić information content (AvgIpc) is 3.33. The second-order valence-electron chi connectivity index (χ2n) is 9.06. The molecule has 0 radical (unpaired) electrons. The normalized spacial score (nSPS) is 9.57. The smallest absolute Gasteiger partial charge is 0.272 e. The zero-order valence-electron chi connectivity index (χ0n) is 28.6. The Morgan fingerprint density at radius 3 is 1.93 bits per heavy atom. The summed E-state index contributed by atoms with van der Waals surface area (Å²) in [6, 6.07) is 10.8. The second kappa shape index (κ2) is 28.8. The van der Waals surface area contributed by atoms with E-state index >= 15 is 0 Å². The molecule has 0 saturated heterocycles. The number of hydrogen-bond donors (Lipinski definition) is 2. The molecule has 7 heteroatoms. The standard InChI is InChI=1S/C16H14N4O2.C6H14.C4H7F.C3H6.3C2H6/c1-20-14-5-4-12(18-10-21)7-11(14)8-15(20)16(22)19-13-3-2-6-17-9-13;1-5-6(2,3)4;1-3-4(2)5;1-3-2;3*1-2/h2-10H,1H3,(H,18,21)(H,19,22);5H2,1-4H3;3-4H,1H2,2H3;3H,1H2,2H3;3*1-2H3. The Labute approximate surface area is 256 Å². The van der Waals surface area contributed by atoms with Crippen molar-refractivity contribution in [2.45, 2.75) is 95.7 Å². The van der Waals surface area contributed by atoms with Gasteiger partial charge < -0.3 is 15.2 Å². The van der Waals surface area contributed by atoms with Crippen molar-refractivity contribution in [2.24, 2.45) is 12.5 Å². The Morgan fingerprint density at radius 2 is 1.55 bits per heavy atom. The van der Waals surface area contributed by atoms with E-state index in [0.29, 0.717) is 28.9 Å². The molecule has 1 aromatic carbocycles. The lowest BCUT2D eigenvalue weighted by Crippen LogP contribution is -2.15. The molecule has 2 heterocycles. The summed E-state index contributed by atoms with van der Waals surface area (Å²) in [6.07, 6.45) is 7.28. The largest absolute Gasteiger partial charge is 0.340 e. The number of fused-ring (bicyclic) bond motifs is 1. The molecular weight excluding hydrogens is 527 g/mol. The van der Waals surface area contributed by atoms with Gasteiger partial charge in [-0.1, -0.05) is 87.8 Å². The van der Waals surface area contributed by atoms with Crippen LogP contribution in [0.5, 0.6) is 0 Å². The third-order valence-corrected chi connectivity index (χ3v) is 4.81. The van der Waals surface area contributed by atoms with E-state index in [2.05, 4.69) is 56.5 Å². The van der Waals surface area contributed by atoms with Crippen LogP contribution < -0.4 is 10.6 Å². The quantitative estimate of drug-likeness (QED) is 0.231. The van der Waals surface area contributed by atoms with Crippen LogP contribution in [-0.4, -0.2) is 28.0 Å².